The van der Waals surface area contributed by atoms with Crippen LogP contribution in [0, 0.1) is 0 Å². The Bertz CT molecular complexity index is 1090. The van der Waals surface area contributed by atoms with E-state index in [9.17, 15) is 22.8 Å². The van der Waals surface area contributed by atoms with Gasteiger partial charge in [0.2, 0.25) is 0 Å². The van der Waals surface area contributed by atoms with Crippen molar-refractivity contribution in [2.45, 2.75) is 37.9 Å². The van der Waals surface area contributed by atoms with Crippen LogP contribution in [0.2, 0.25) is 0 Å². The fourth-order valence-electron chi connectivity index (χ4n) is 3.43. The van der Waals surface area contributed by atoms with E-state index in [0.717, 1.165) is 25.0 Å². The highest BCUT2D eigenvalue weighted by atomic mass is 19.4. The van der Waals surface area contributed by atoms with Crippen LogP contribution in [0.25, 0.3) is 10.8 Å². The van der Waals surface area contributed by atoms with Crippen LogP contribution in [0.15, 0.2) is 59.5 Å². The lowest BCUT2D eigenvalue weighted by Crippen LogP contribution is -2.19. The molecule has 2 aromatic carbocycles. The monoisotopic (exact) mass is 385 g/mol. The molecule has 0 amide bonds. The first-order valence-electron chi connectivity index (χ1n) is 9.18. The summed E-state index contributed by atoms with van der Waals surface area (Å²) in [5, 5.41) is 1.15. The number of alkyl halides is 3. The maximum atomic E-state index is 12.7. The first-order chi connectivity index (χ1) is 13.3. The third kappa shape index (κ3) is 3.59. The molecule has 0 atom stereocenters. The molecule has 1 saturated carbocycles. The number of aryl methyl sites for hydroxylation is 1. The van der Waals surface area contributed by atoms with Gasteiger partial charge in [-0.2, -0.15) is 13.2 Å². The zero-order valence-electron chi connectivity index (χ0n) is 15.0. The summed E-state index contributed by atoms with van der Waals surface area (Å²) < 4.78 is 39.6. The van der Waals surface area contributed by atoms with Crippen LogP contribution < -0.4 is 5.56 Å². The van der Waals surface area contributed by atoms with Crippen molar-refractivity contribution in [2.24, 2.45) is 0 Å². The lowest BCUT2D eigenvalue weighted by molar-refractivity contribution is -0.137. The fraction of sp³-hybridized carbons (Fsp3) is 0.273. The van der Waals surface area contributed by atoms with E-state index < -0.39 is 11.7 Å². The highest BCUT2D eigenvalue weighted by Crippen LogP contribution is 2.34. The standard InChI is InChI=1S/C22H18F3NO2/c23-22(24,25)15-7-4-14(5-8-15)6-11-20(27)18-2-1-3-19-17(18)12-13-26(21(19)28)16-9-10-16/h1-5,7-8,12-13,16H,6,9-11H2. The van der Waals surface area contributed by atoms with Gasteiger partial charge in [-0.25, -0.2) is 0 Å². The molecule has 0 radical (unpaired) electrons. The molecule has 0 N–H and O–H groups in total. The number of nitrogens with zero attached hydrogens (tertiary/aromatic N) is 1. The Hall–Kier alpha value is -2.89. The minimum atomic E-state index is -4.37. The van der Waals surface area contributed by atoms with Crippen molar-refractivity contribution in [1.29, 1.82) is 0 Å². The molecule has 1 aliphatic carbocycles. The highest BCUT2D eigenvalue weighted by Gasteiger charge is 2.30. The molecule has 0 bridgehead atoms. The summed E-state index contributed by atoms with van der Waals surface area (Å²) >= 11 is 0. The SMILES string of the molecule is O=C(CCc1ccc(C(F)(F)F)cc1)c1cccc2c(=O)n(C3CC3)ccc12. The van der Waals surface area contributed by atoms with Gasteiger partial charge in [0.25, 0.3) is 5.56 Å². The van der Waals surface area contributed by atoms with E-state index in [4.69, 9.17) is 0 Å². The van der Waals surface area contributed by atoms with Crippen molar-refractivity contribution in [2.75, 3.05) is 0 Å². The van der Waals surface area contributed by atoms with Crippen molar-refractivity contribution >= 4 is 16.6 Å². The maximum Gasteiger partial charge on any atom is 0.416 e. The molecule has 1 aliphatic rings. The van der Waals surface area contributed by atoms with Crippen LogP contribution >= 0.6 is 0 Å². The molecule has 4 rings (SSSR count). The van der Waals surface area contributed by atoms with Crippen LogP contribution in [0.3, 0.4) is 0 Å². The van der Waals surface area contributed by atoms with Crippen LogP contribution in [0.4, 0.5) is 13.2 Å². The third-order valence-corrected chi connectivity index (χ3v) is 5.14. The van der Waals surface area contributed by atoms with Gasteiger partial charge in [-0.15, -0.1) is 0 Å². The zero-order valence-corrected chi connectivity index (χ0v) is 15.0. The Balaban J connectivity index is 1.54. The number of fused-ring (bicyclic) bond motifs is 1. The summed E-state index contributed by atoms with van der Waals surface area (Å²) in [6, 6.07) is 12.0. The molecule has 1 heterocycles. The number of carbonyl (C=O) groups excluding carboxylic acids is 1. The molecule has 0 aliphatic heterocycles. The molecule has 144 valence electrons. The van der Waals surface area contributed by atoms with Gasteiger partial charge in [0.15, 0.2) is 5.78 Å². The number of benzene rings is 2. The molecule has 1 fully saturated rings. The first-order valence-corrected chi connectivity index (χ1v) is 9.18. The summed E-state index contributed by atoms with van der Waals surface area (Å²) in [6.07, 6.45) is -0.128. The fourth-order valence-corrected chi connectivity index (χ4v) is 3.43. The minimum Gasteiger partial charge on any atom is -0.312 e. The summed E-state index contributed by atoms with van der Waals surface area (Å²) in [6.45, 7) is 0. The molecule has 1 aromatic heterocycles. The molecule has 28 heavy (non-hydrogen) atoms. The van der Waals surface area contributed by atoms with E-state index >= 15 is 0 Å². The predicted molar refractivity (Wildman–Crippen MR) is 101 cm³/mol. The molecule has 6 heteroatoms. The Kier molecular flexibility index (Phi) is 4.57. The van der Waals surface area contributed by atoms with E-state index in [2.05, 4.69) is 0 Å². The molecule has 0 spiro atoms. The average molecular weight is 385 g/mol. The van der Waals surface area contributed by atoms with E-state index in [0.29, 0.717) is 28.3 Å². The Morgan fingerprint density at radius 1 is 1.00 bits per heavy atom. The summed E-state index contributed by atoms with van der Waals surface area (Å²) in [7, 11) is 0. The number of aromatic nitrogens is 1. The van der Waals surface area contributed by atoms with Gasteiger partial charge in [-0.05, 0) is 54.5 Å². The molecule has 3 nitrogen and oxygen atoms in total. The Morgan fingerprint density at radius 2 is 1.71 bits per heavy atom. The Labute approximate surface area is 159 Å². The van der Waals surface area contributed by atoms with Crippen molar-refractivity contribution in [1.82, 2.24) is 4.57 Å². The summed E-state index contributed by atoms with van der Waals surface area (Å²) in [4.78, 5) is 25.3. The molecular weight excluding hydrogens is 367 g/mol. The molecule has 0 saturated heterocycles. The number of hydrogen-bond donors (Lipinski definition) is 0. The second-order valence-corrected chi connectivity index (χ2v) is 7.14. The number of pyridine rings is 1. The number of Topliss-reactive ketones (excluding diaryl/α,β-unsaturated/α-hetero) is 1. The molecule has 3 aromatic rings. The second-order valence-electron chi connectivity index (χ2n) is 7.14. The summed E-state index contributed by atoms with van der Waals surface area (Å²) in [5.74, 6) is -0.130. The topological polar surface area (TPSA) is 39.1 Å². The van der Waals surface area contributed by atoms with Crippen molar-refractivity contribution in [3.63, 3.8) is 0 Å². The third-order valence-electron chi connectivity index (χ3n) is 5.14. The van der Waals surface area contributed by atoms with Crippen molar-refractivity contribution in [3.8, 4) is 0 Å². The van der Waals surface area contributed by atoms with Gasteiger partial charge in [-0.1, -0.05) is 24.3 Å². The molecular formula is C22H18F3NO2. The van der Waals surface area contributed by atoms with Gasteiger partial charge in [-0.3, -0.25) is 9.59 Å². The van der Waals surface area contributed by atoms with Crippen molar-refractivity contribution < 1.29 is 18.0 Å². The van der Waals surface area contributed by atoms with Crippen LogP contribution in [-0.2, 0) is 12.6 Å². The lowest BCUT2D eigenvalue weighted by atomic mass is 9.98. The Morgan fingerprint density at radius 3 is 2.36 bits per heavy atom. The van der Waals surface area contributed by atoms with Gasteiger partial charge in [0.05, 0.1) is 5.56 Å². The largest absolute Gasteiger partial charge is 0.416 e. The quantitative estimate of drug-likeness (QED) is 0.569. The normalized spacial score (nSPS) is 14.4. The van der Waals surface area contributed by atoms with Gasteiger partial charge in [0, 0.05) is 29.6 Å². The van der Waals surface area contributed by atoms with Crippen LogP contribution in [0.1, 0.15) is 46.8 Å². The summed E-state index contributed by atoms with van der Waals surface area (Å²) in [5.41, 5.74) is 0.350. The zero-order chi connectivity index (χ0) is 19.9. The maximum absolute atomic E-state index is 12.7. The van der Waals surface area contributed by atoms with Crippen molar-refractivity contribution in [3.05, 3.63) is 81.8 Å². The molecule has 0 unspecified atom stereocenters. The smallest absolute Gasteiger partial charge is 0.312 e. The number of hydrogen-bond acceptors (Lipinski definition) is 2. The number of halogens is 3. The van der Waals surface area contributed by atoms with Crippen LogP contribution in [-0.4, -0.2) is 10.4 Å². The van der Waals surface area contributed by atoms with Crippen LogP contribution in [0.5, 0.6) is 0 Å². The number of carbonyl (C=O) groups is 1. The van der Waals surface area contributed by atoms with Gasteiger partial charge < -0.3 is 4.57 Å². The van der Waals surface area contributed by atoms with E-state index in [1.165, 1.54) is 12.1 Å². The van der Waals surface area contributed by atoms with Gasteiger partial charge >= 0.3 is 6.18 Å². The minimum absolute atomic E-state index is 0.0858. The van der Waals surface area contributed by atoms with E-state index in [1.54, 1.807) is 35.0 Å². The van der Waals surface area contributed by atoms with E-state index in [-0.39, 0.29) is 23.8 Å². The van der Waals surface area contributed by atoms with E-state index in [1.807, 2.05) is 0 Å². The first kappa shape index (κ1) is 18.5. The average Bonchev–Trinajstić information content (AvgIpc) is 3.51. The van der Waals surface area contributed by atoms with Gasteiger partial charge in [0.1, 0.15) is 0 Å². The highest BCUT2D eigenvalue weighted by molar-refractivity contribution is 6.07. The predicted octanol–water partition coefficient (Wildman–Crippen LogP) is 5.17. The number of rotatable bonds is 5. The second kappa shape index (κ2) is 6.93. The lowest BCUT2D eigenvalue weighted by Gasteiger charge is -2.10. The number of ketones is 1.